The van der Waals surface area contributed by atoms with Crippen molar-refractivity contribution in [1.82, 2.24) is 9.88 Å². The number of rotatable bonds is 5. The molecule has 1 aromatic rings. The molecule has 2 aliphatic carbocycles. The van der Waals surface area contributed by atoms with E-state index in [9.17, 15) is 14.9 Å². The second-order valence-corrected chi connectivity index (χ2v) is 10.3. The highest BCUT2D eigenvalue weighted by Crippen LogP contribution is 2.46. The molecule has 1 N–H and O–H groups in total. The minimum atomic E-state index is -1.09. The molecule has 2 saturated carbocycles. The summed E-state index contributed by atoms with van der Waals surface area (Å²) in [6.45, 7) is 6.23. The van der Waals surface area contributed by atoms with E-state index in [0.29, 0.717) is 50.1 Å². The van der Waals surface area contributed by atoms with E-state index < -0.39 is 12.4 Å². The lowest BCUT2D eigenvalue weighted by molar-refractivity contribution is -0.145. The molecule has 3 heterocycles. The van der Waals surface area contributed by atoms with E-state index in [1.54, 1.807) is 4.90 Å². The number of piperazine rings is 1. The lowest BCUT2D eigenvalue weighted by Gasteiger charge is -2.43. The Hall–Kier alpha value is -2.66. The van der Waals surface area contributed by atoms with E-state index >= 15 is 0 Å². The molecule has 170 valence electrons. The van der Waals surface area contributed by atoms with Gasteiger partial charge >= 0.3 is 5.97 Å². The van der Waals surface area contributed by atoms with Crippen molar-refractivity contribution in [1.29, 1.82) is 5.26 Å². The summed E-state index contributed by atoms with van der Waals surface area (Å²) in [5, 5.41) is 19.2. The van der Waals surface area contributed by atoms with Crippen LogP contribution in [0.15, 0.2) is 0 Å². The van der Waals surface area contributed by atoms with Gasteiger partial charge in [0.05, 0.1) is 29.5 Å². The van der Waals surface area contributed by atoms with Gasteiger partial charge in [0, 0.05) is 37.5 Å². The number of aromatic nitrogens is 1. The molecule has 8 heteroatoms. The second kappa shape index (κ2) is 7.73. The van der Waals surface area contributed by atoms with Gasteiger partial charge in [-0.05, 0) is 51.0 Å². The van der Waals surface area contributed by atoms with Crippen LogP contribution in [0.1, 0.15) is 74.3 Å². The van der Waals surface area contributed by atoms with Gasteiger partial charge in [0.1, 0.15) is 18.3 Å². The number of carboxylic acids is 1. The van der Waals surface area contributed by atoms with Crippen molar-refractivity contribution in [3.63, 3.8) is 0 Å². The molecule has 1 amide bonds. The van der Waals surface area contributed by atoms with Crippen molar-refractivity contribution in [2.75, 3.05) is 24.5 Å². The lowest BCUT2D eigenvalue weighted by Crippen LogP contribution is -2.57. The number of nitriles is 1. The van der Waals surface area contributed by atoms with Gasteiger partial charge in [-0.15, -0.1) is 0 Å². The SMILES string of the molecule is CC1(C)Cc2c(C#N)c(N3CCN(C(=O)CC(=O)O)[C@H](C4CC4)C3)nc(C3CC3)c2CO1. The van der Waals surface area contributed by atoms with Crippen LogP contribution in [0.25, 0.3) is 0 Å². The molecule has 1 saturated heterocycles. The lowest BCUT2D eigenvalue weighted by atomic mass is 9.87. The van der Waals surface area contributed by atoms with Crippen molar-refractivity contribution in [3.8, 4) is 6.07 Å². The number of ether oxygens (including phenoxy) is 1. The Morgan fingerprint density at radius 3 is 2.59 bits per heavy atom. The summed E-state index contributed by atoms with van der Waals surface area (Å²) in [5.41, 5.74) is 3.57. The Kier molecular flexibility index (Phi) is 5.12. The quantitative estimate of drug-likeness (QED) is 0.704. The van der Waals surface area contributed by atoms with Crippen LogP contribution in [-0.4, -0.2) is 58.1 Å². The van der Waals surface area contributed by atoms with Gasteiger partial charge in [0.25, 0.3) is 0 Å². The first-order chi connectivity index (χ1) is 15.3. The van der Waals surface area contributed by atoms with Crippen molar-refractivity contribution < 1.29 is 19.4 Å². The van der Waals surface area contributed by atoms with Crippen molar-refractivity contribution in [3.05, 3.63) is 22.4 Å². The van der Waals surface area contributed by atoms with Gasteiger partial charge in [-0.1, -0.05) is 0 Å². The maximum atomic E-state index is 12.6. The molecule has 1 aromatic heterocycles. The molecule has 4 aliphatic rings. The summed E-state index contributed by atoms with van der Waals surface area (Å²) in [6, 6.07) is 2.42. The number of amides is 1. The minimum absolute atomic E-state index is 0.0240. The number of carbonyl (C=O) groups is 2. The fourth-order valence-corrected chi connectivity index (χ4v) is 5.25. The van der Waals surface area contributed by atoms with Crippen molar-refractivity contribution >= 4 is 17.7 Å². The van der Waals surface area contributed by atoms with Gasteiger partial charge in [-0.2, -0.15) is 5.26 Å². The molecule has 8 nitrogen and oxygen atoms in total. The zero-order valence-electron chi connectivity index (χ0n) is 18.8. The molecule has 0 aromatic carbocycles. The Labute approximate surface area is 188 Å². The predicted molar refractivity (Wildman–Crippen MR) is 116 cm³/mol. The van der Waals surface area contributed by atoms with Crippen LogP contribution in [0.5, 0.6) is 0 Å². The summed E-state index contributed by atoms with van der Waals surface area (Å²) in [4.78, 5) is 32.6. The molecular weight excluding hydrogens is 408 g/mol. The number of fused-ring (bicyclic) bond motifs is 1. The number of anilines is 1. The van der Waals surface area contributed by atoms with E-state index in [0.717, 1.165) is 48.3 Å². The monoisotopic (exact) mass is 438 g/mol. The molecule has 2 aliphatic heterocycles. The molecule has 32 heavy (non-hydrogen) atoms. The molecule has 0 unspecified atom stereocenters. The topological polar surface area (TPSA) is 107 Å². The summed E-state index contributed by atoms with van der Waals surface area (Å²) in [5.74, 6) is 0.174. The zero-order chi connectivity index (χ0) is 22.6. The van der Waals surface area contributed by atoms with E-state index in [1.165, 1.54) is 0 Å². The third-order valence-electron chi connectivity index (χ3n) is 7.22. The Bertz CT molecular complexity index is 1010. The Balaban J connectivity index is 1.50. The van der Waals surface area contributed by atoms with Crippen molar-refractivity contribution in [2.45, 2.75) is 76.5 Å². The van der Waals surface area contributed by atoms with Gasteiger partial charge in [0.15, 0.2) is 0 Å². The van der Waals surface area contributed by atoms with Crippen LogP contribution in [0, 0.1) is 17.2 Å². The van der Waals surface area contributed by atoms with Crippen LogP contribution >= 0.6 is 0 Å². The molecule has 3 fully saturated rings. The summed E-state index contributed by atoms with van der Waals surface area (Å²) in [7, 11) is 0. The van der Waals surface area contributed by atoms with Gasteiger partial charge in [-0.3, -0.25) is 9.59 Å². The first-order valence-corrected chi connectivity index (χ1v) is 11.6. The number of carboxylic acid groups (broad SMARTS) is 1. The molecular formula is C24H30N4O4. The number of aliphatic carboxylic acids is 1. The van der Waals surface area contributed by atoms with Gasteiger partial charge < -0.3 is 19.6 Å². The number of nitrogens with zero attached hydrogens (tertiary/aromatic N) is 4. The number of carbonyl (C=O) groups excluding carboxylic acids is 1. The standard InChI is InChI=1S/C24H30N4O4/c1-24(2)10-16-17(11-25)23(26-22(15-5-6-15)18(16)13-32-24)27-7-8-28(20(29)9-21(30)31)19(12-27)14-3-4-14/h14-15,19H,3-10,12-13H2,1-2H3,(H,30,31)/t19-/m0/s1. The maximum Gasteiger partial charge on any atom is 0.312 e. The highest BCUT2D eigenvalue weighted by atomic mass is 16.5. The largest absolute Gasteiger partial charge is 0.481 e. The summed E-state index contributed by atoms with van der Waals surface area (Å²) in [6.07, 6.45) is 4.56. The van der Waals surface area contributed by atoms with E-state index in [4.69, 9.17) is 14.8 Å². The van der Waals surface area contributed by atoms with E-state index in [2.05, 4.69) is 24.8 Å². The summed E-state index contributed by atoms with van der Waals surface area (Å²) >= 11 is 0. The van der Waals surface area contributed by atoms with E-state index in [-0.39, 0.29) is 17.6 Å². The fourth-order valence-electron chi connectivity index (χ4n) is 5.25. The third-order valence-corrected chi connectivity index (χ3v) is 7.22. The highest BCUT2D eigenvalue weighted by molar-refractivity contribution is 5.93. The molecule has 0 radical (unpaired) electrons. The van der Waals surface area contributed by atoms with Crippen molar-refractivity contribution in [2.24, 2.45) is 5.92 Å². The second-order valence-electron chi connectivity index (χ2n) is 10.3. The van der Waals surface area contributed by atoms with Crippen LogP contribution in [-0.2, 0) is 27.4 Å². The Morgan fingerprint density at radius 1 is 1.22 bits per heavy atom. The van der Waals surface area contributed by atoms with E-state index in [1.807, 2.05) is 0 Å². The average Bonchev–Trinajstić information content (AvgIpc) is 3.63. The number of hydrogen-bond donors (Lipinski definition) is 1. The zero-order valence-corrected chi connectivity index (χ0v) is 18.8. The highest BCUT2D eigenvalue weighted by Gasteiger charge is 2.43. The molecule has 0 bridgehead atoms. The minimum Gasteiger partial charge on any atom is -0.481 e. The third kappa shape index (κ3) is 3.95. The maximum absolute atomic E-state index is 12.6. The molecule has 1 atom stereocenters. The summed E-state index contributed by atoms with van der Waals surface area (Å²) < 4.78 is 6.07. The first-order valence-electron chi connectivity index (χ1n) is 11.6. The normalized spacial score (nSPS) is 24.6. The molecule has 5 rings (SSSR count). The van der Waals surface area contributed by atoms with Gasteiger partial charge in [0.2, 0.25) is 5.91 Å². The smallest absolute Gasteiger partial charge is 0.312 e. The first kappa shape index (κ1) is 21.2. The molecule has 0 spiro atoms. The fraction of sp³-hybridized carbons (Fsp3) is 0.667. The predicted octanol–water partition coefficient (Wildman–Crippen LogP) is 2.58. The van der Waals surface area contributed by atoms with Crippen LogP contribution in [0.3, 0.4) is 0 Å². The number of hydrogen-bond acceptors (Lipinski definition) is 6. The van der Waals surface area contributed by atoms with Gasteiger partial charge in [-0.25, -0.2) is 4.98 Å². The number of pyridine rings is 1. The van der Waals surface area contributed by atoms with Crippen LogP contribution in [0.2, 0.25) is 0 Å². The van der Waals surface area contributed by atoms with Crippen LogP contribution < -0.4 is 4.90 Å². The Morgan fingerprint density at radius 2 is 1.97 bits per heavy atom. The average molecular weight is 439 g/mol. The van der Waals surface area contributed by atoms with Crippen LogP contribution in [0.4, 0.5) is 5.82 Å².